The van der Waals surface area contributed by atoms with Crippen LogP contribution >= 0.6 is 0 Å². The van der Waals surface area contributed by atoms with E-state index in [0.29, 0.717) is 6.07 Å². The molecule has 0 atom stereocenters. The SMILES string of the molecule is CC.CCS(=O)(=O)c1cccc(C(F)(F)F)c1. The molecule has 0 spiro atoms. The molecule has 1 aromatic rings. The monoisotopic (exact) mass is 268 g/mol. The predicted octanol–water partition coefficient (Wildman–Crippen LogP) is 3.53. The highest BCUT2D eigenvalue weighted by atomic mass is 32.2. The van der Waals surface area contributed by atoms with E-state index in [1.165, 1.54) is 6.92 Å². The molecule has 0 saturated carbocycles. The van der Waals surface area contributed by atoms with E-state index < -0.39 is 21.6 Å². The maximum absolute atomic E-state index is 12.3. The van der Waals surface area contributed by atoms with Crippen LogP contribution in [0.4, 0.5) is 13.2 Å². The van der Waals surface area contributed by atoms with Gasteiger partial charge in [-0.3, -0.25) is 0 Å². The number of halogens is 3. The van der Waals surface area contributed by atoms with Crippen molar-refractivity contribution in [2.24, 2.45) is 0 Å². The number of rotatable bonds is 2. The third-order valence-corrected chi connectivity index (χ3v) is 3.63. The summed E-state index contributed by atoms with van der Waals surface area (Å²) in [6.45, 7) is 5.38. The van der Waals surface area contributed by atoms with Crippen LogP contribution in [0.25, 0.3) is 0 Å². The number of benzene rings is 1. The average Bonchev–Trinajstić information content (AvgIpc) is 2.31. The molecule has 0 aliphatic heterocycles. The van der Waals surface area contributed by atoms with Crippen molar-refractivity contribution in [3.8, 4) is 0 Å². The fraction of sp³-hybridized carbons (Fsp3) is 0.455. The molecule has 1 rings (SSSR count). The van der Waals surface area contributed by atoms with E-state index in [1.807, 2.05) is 13.8 Å². The summed E-state index contributed by atoms with van der Waals surface area (Å²) in [7, 11) is -3.58. The van der Waals surface area contributed by atoms with Crippen LogP contribution in [0, 0.1) is 0 Å². The van der Waals surface area contributed by atoms with Gasteiger partial charge in [0.2, 0.25) is 0 Å². The Bertz CT molecular complexity index is 450. The molecule has 17 heavy (non-hydrogen) atoms. The van der Waals surface area contributed by atoms with Gasteiger partial charge in [-0.25, -0.2) is 8.42 Å². The van der Waals surface area contributed by atoms with Crippen LogP contribution in [0.5, 0.6) is 0 Å². The molecule has 0 N–H and O–H groups in total. The molecule has 0 saturated heterocycles. The molecule has 0 aromatic heterocycles. The first kappa shape index (κ1) is 16.0. The van der Waals surface area contributed by atoms with Crippen molar-refractivity contribution in [2.45, 2.75) is 31.8 Å². The molecule has 0 heterocycles. The summed E-state index contributed by atoms with van der Waals surface area (Å²) < 4.78 is 59.4. The molecule has 2 nitrogen and oxygen atoms in total. The van der Waals surface area contributed by atoms with Gasteiger partial charge in [-0.15, -0.1) is 0 Å². The van der Waals surface area contributed by atoms with E-state index in [-0.39, 0.29) is 10.6 Å². The quantitative estimate of drug-likeness (QED) is 0.822. The van der Waals surface area contributed by atoms with Crippen molar-refractivity contribution >= 4 is 9.84 Å². The lowest BCUT2D eigenvalue weighted by Gasteiger charge is -2.08. The number of alkyl halides is 3. The first-order valence-corrected chi connectivity index (χ1v) is 6.82. The summed E-state index contributed by atoms with van der Waals surface area (Å²) in [5.74, 6) is -0.214. The van der Waals surface area contributed by atoms with E-state index in [2.05, 4.69) is 0 Å². The van der Waals surface area contributed by atoms with E-state index in [4.69, 9.17) is 0 Å². The topological polar surface area (TPSA) is 34.1 Å². The average molecular weight is 268 g/mol. The van der Waals surface area contributed by atoms with Crippen LogP contribution in [0.15, 0.2) is 29.2 Å². The fourth-order valence-electron chi connectivity index (χ4n) is 1.03. The minimum atomic E-state index is -4.51. The standard InChI is InChI=1S/C9H9F3O2S.C2H6/c1-2-15(13,14)8-5-3-4-7(6-8)9(10,11)12;1-2/h3-6H,2H2,1H3;1-2H3. The fourth-order valence-corrected chi connectivity index (χ4v) is 1.96. The Morgan fingerprint density at radius 1 is 1.18 bits per heavy atom. The maximum Gasteiger partial charge on any atom is 0.416 e. The highest BCUT2D eigenvalue weighted by Crippen LogP contribution is 2.30. The van der Waals surface area contributed by atoms with E-state index in [9.17, 15) is 21.6 Å². The molecular weight excluding hydrogens is 253 g/mol. The number of hydrogen-bond donors (Lipinski definition) is 0. The highest BCUT2D eigenvalue weighted by Gasteiger charge is 2.31. The Labute approximate surface area is 99.4 Å². The van der Waals surface area contributed by atoms with Gasteiger partial charge in [-0.2, -0.15) is 13.2 Å². The van der Waals surface area contributed by atoms with Gasteiger partial charge in [0.05, 0.1) is 16.2 Å². The second kappa shape index (κ2) is 6.05. The number of sulfone groups is 1. The van der Waals surface area contributed by atoms with Gasteiger partial charge in [0.15, 0.2) is 9.84 Å². The van der Waals surface area contributed by atoms with Gasteiger partial charge >= 0.3 is 6.18 Å². The lowest BCUT2D eigenvalue weighted by molar-refractivity contribution is -0.137. The second-order valence-corrected chi connectivity index (χ2v) is 5.21. The first-order chi connectivity index (χ1) is 7.77. The lowest BCUT2D eigenvalue weighted by Crippen LogP contribution is -2.08. The molecule has 0 bridgehead atoms. The zero-order valence-electron chi connectivity index (χ0n) is 9.88. The van der Waals surface area contributed by atoms with Gasteiger partial charge in [-0.1, -0.05) is 26.8 Å². The Hall–Kier alpha value is -1.04. The van der Waals surface area contributed by atoms with Crippen molar-refractivity contribution in [1.29, 1.82) is 0 Å². The highest BCUT2D eigenvalue weighted by molar-refractivity contribution is 7.91. The Balaban J connectivity index is 0.00000121. The predicted molar refractivity (Wildman–Crippen MR) is 60.5 cm³/mol. The summed E-state index contributed by atoms with van der Waals surface area (Å²) in [6.07, 6.45) is -4.51. The Morgan fingerprint density at radius 2 is 1.71 bits per heavy atom. The van der Waals surface area contributed by atoms with E-state index in [0.717, 1.165) is 18.2 Å². The summed E-state index contributed by atoms with van der Waals surface area (Å²) in [5.41, 5.74) is -0.947. The summed E-state index contributed by atoms with van der Waals surface area (Å²) in [6, 6.07) is 3.74. The molecule has 0 radical (unpaired) electrons. The molecule has 0 aliphatic carbocycles. The van der Waals surface area contributed by atoms with Crippen molar-refractivity contribution in [3.05, 3.63) is 29.8 Å². The van der Waals surface area contributed by atoms with Crippen LogP contribution in [-0.2, 0) is 16.0 Å². The molecule has 0 amide bonds. The minimum Gasteiger partial charge on any atom is -0.224 e. The van der Waals surface area contributed by atoms with Crippen LogP contribution in [0.1, 0.15) is 26.3 Å². The molecule has 0 aliphatic rings. The van der Waals surface area contributed by atoms with Gasteiger partial charge in [-0.05, 0) is 18.2 Å². The summed E-state index contributed by atoms with van der Waals surface area (Å²) in [5, 5.41) is 0. The van der Waals surface area contributed by atoms with Crippen LogP contribution in [0.2, 0.25) is 0 Å². The Kier molecular flexibility index (Phi) is 5.68. The molecule has 0 unspecified atom stereocenters. The first-order valence-electron chi connectivity index (χ1n) is 5.17. The van der Waals surface area contributed by atoms with Crippen LogP contribution < -0.4 is 0 Å². The summed E-state index contributed by atoms with van der Waals surface area (Å²) in [4.78, 5) is -0.292. The zero-order valence-corrected chi connectivity index (χ0v) is 10.7. The van der Waals surface area contributed by atoms with E-state index in [1.54, 1.807) is 0 Å². The van der Waals surface area contributed by atoms with Crippen LogP contribution in [0.3, 0.4) is 0 Å². The third kappa shape index (κ3) is 4.38. The van der Waals surface area contributed by atoms with Crippen molar-refractivity contribution in [1.82, 2.24) is 0 Å². The Morgan fingerprint density at radius 3 is 2.12 bits per heavy atom. The lowest BCUT2D eigenvalue weighted by atomic mass is 10.2. The maximum atomic E-state index is 12.3. The zero-order chi connectivity index (χ0) is 13.7. The van der Waals surface area contributed by atoms with Gasteiger partial charge in [0, 0.05) is 0 Å². The van der Waals surface area contributed by atoms with Crippen molar-refractivity contribution in [3.63, 3.8) is 0 Å². The smallest absolute Gasteiger partial charge is 0.224 e. The minimum absolute atomic E-state index is 0.214. The van der Waals surface area contributed by atoms with Gasteiger partial charge in [0.1, 0.15) is 0 Å². The van der Waals surface area contributed by atoms with Crippen molar-refractivity contribution < 1.29 is 21.6 Å². The molecule has 98 valence electrons. The van der Waals surface area contributed by atoms with Gasteiger partial charge < -0.3 is 0 Å². The second-order valence-electron chi connectivity index (χ2n) is 2.93. The molecule has 0 fully saturated rings. The number of hydrogen-bond acceptors (Lipinski definition) is 2. The molecule has 6 heteroatoms. The van der Waals surface area contributed by atoms with E-state index >= 15 is 0 Å². The van der Waals surface area contributed by atoms with Crippen molar-refractivity contribution in [2.75, 3.05) is 5.75 Å². The molecular formula is C11H15F3O2S. The summed E-state index contributed by atoms with van der Waals surface area (Å²) >= 11 is 0. The van der Waals surface area contributed by atoms with Gasteiger partial charge in [0.25, 0.3) is 0 Å². The normalized spacial score (nSPS) is 11.6. The third-order valence-electron chi connectivity index (χ3n) is 1.90. The largest absolute Gasteiger partial charge is 0.416 e. The molecule has 1 aromatic carbocycles. The van der Waals surface area contributed by atoms with Crippen LogP contribution in [-0.4, -0.2) is 14.2 Å².